The number of hydrogen-bond acceptors (Lipinski definition) is 6. The van der Waals surface area contributed by atoms with Crippen LogP contribution in [0.4, 0.5) is 5.95 Å². The lowest BCUT2D eigenvalue weighted by Crippen LogP contribution is -2.29. The van der Waals surface area contributed by atoms with Crippen molar-refractivity contribution >= 4 is 34.6 Å². The number of aromatic nitrogens is 4. The van der Waals surface area contributed by atoms with Gasteiger partial charge in [0.2, 0.25) is 11.9 Å². The van der Waals surface area contributed by atoms with E-state index in [4.69, 9.17) is 32.0 Å². The van der Waals surface area contributed by atoms with Crippen molar-refractivity contribution in [3.8, 4) is 0 Å². The molecule has 1 saturated heterocycles. The van der Waals surface area contributed by atoms with Gasteiger partial charge in [-0.1, -0.05) is 23.7 Å². The van der Waals surface area contributed by atoms with Crippen LogP contribution in [0.5, 0.6) is 0 Å². The fraction of sp³-hybridized carbons (Fsp3) is 0.520. The standard InChI is InChI=1S/C25H31ClN6O2/c1-15-3-2-4-20(26)19(15)13-22-30-21-14-28-25(29-17-9-11-34-12-10-17)31-24(21)32(22)18-7-5-16(6-8-18)23(27)33/h2-4,14,16-18H,5-13H2,1H3,(H2,27,33)(H,28,29,31). The van der Waals surface area contributed by atoms with Gasteiger partial charge in [-0.15, -0.1) is 0 Å². The molecule has 3 heterocycles. The first kappa shape index (κ1) is 23.1. The number of halogens is 1. The zero-order chi connectivity index (χ0) is 23.7. The van der Waals surface area contributed by atoms with E-state index in [-0.39, 0.29) is 17.9 Å². The van der Waals surface area contributed by atoms with Crippen LogP contribution in [0, 0.1) is 12.8 Å². The van der Waals surface area contributed by atoms with Gasteiger partial charge < -0.3 is 20.4 Å². The average molecular weight is 483 g/mol. The number of carbonyl (C=O) groups excluding carboxylic acids is 1. The summed E-state index contributed by atoms with van der Waals surface area (Å²) in [5, 5.41) is 4.22. The highest BCUT2D eigenvalue weighted by atomic mass is 35.5. The van der Waals surface area contributed by atoms with Gasteiger partial charge in [-0.2, -0.15) is 4.98 Å². The van der Waals surface area contributed by atoms with Gasteiger partial charge in [-0.3, -0.25) is 4.79 Å². The Morgan fingerprint density at radius 2 is 1.94 bits per heavy atom. The maximum absolute atomic E-state index is 11.7. The maximum atomic E-state index is 11.7. The predicted molar refractivity (Wildman–Crippen MR) is 132 cm³/mol. The zero-order valence-corrected chi connectivity index (χ0v) is 20.2. The molecule has 9 heteroatoms. The summed E-state index contributed by atoms with van der Waals surface area (Å²) in [6, 6.07) is 6.46. The van der Waals surface area contributed by atoms with E-state index in [0.29, 0.717) is 18.4 Å². The summed E-state index contributed by atoms with van der Waals surface area (Å²) in [6.07, 6.45) is 7.58. The number of nitrogens with zero attached hydrogens (tertiary/aromatic N) is 4. The quantitative estimate of drug-likeness (QED) is 0.545. The minimum atomic E-state index is -0.203. The number of fused-ring (bicyclic) bond motifs is 1. The highest BCUT2D eigenvalue weighted by Gasteiger charge is 2.29. The van der Waals surface area contributed by atoms with Crippen LogP contribution in [-0.2, 0) is 16.0 Å². The largest absolute Gasteiger partial charge is 0.381 e. The van der Waals surface area contributed by atoms with Crippen molar-refractivity contribution in [2.45, 2.75) is 64.0 Å². The molecule has 0 unspecified atom stereocenters. The van der Waals surface area contributed by atoms with Gasteiger partial charge in [0, 0.05) is 42.7 Å². The molecule has 0 atom stereocenters. The van der Waals surface area contributed by atoms with Crippen LogP contribution in [0.2, 0.25) is 5.02 Å². The summed E-state index contributed by atoms with van der Waals surface area (Å²) in [5.41, 5.74) is 9.39. The normalized spacial score (nSPS) is 21.6. The van der Waals surface area contributed by atoms with Crippen molar-refractivity contribution in [3.63, 3.8) is 0 Å². The smallest absolute Gasteiger partial charge is 0.224 e. The fourth-order valence-electron chi connectivity index (χ4n) is 5.21. The predicted octanol–water partition coefficient (Wildman–Crippen LogP) is 4.19. The molecule has 5 rings (SSSR count). The Kier molecular flexibility index (Phi) is 6.70. The molecule has 0 spiro atoms. The van der Waals surface area contributed by atoms with Crippen LogP contribution in [0.15, 0.2) is 24.4 Å². The molecule has 8 nitrogen and oxygen atoms in total. The van der Waals surface area contributed by atoms with Crippen molar-refractivity contribution in [3.05, 3.63) is 46.4 Å². The molecule has 0 radical (unpaired) electrons. The molecule has 1 saturated carbocycles. The number of primary amides is 1. The highest BCUT2D eigenvalue weighted by molar-refractivity contribution is 6.31. The molecule has 1 aliphatic carbocycles. The molecule has 2 aliphatic rings. The molecule has 34 heavy (non-hydrogen) atoms. The van der Waals surface area contributed by atoms with E-state index in [9.17, 15) is 4.79 Å². The SMILES string of the molecule is Cc1cccc(Cl)c1Cc1nc2cnc(NC3CCOCC3)nc2n1C1CCC(C(N)=O)CC1. The van der Waals surface area contributed by atoms with E-state index in [2.05, 4.69) is 27.9 Å². The maximum Gasteiger partial charge on any atom is 0.224 e. The molecule has 180 valence electrons. The van der Waals surface area contributed by atoms with Crippen LogP contribution >= 0.6 is 11.6 Å². The third kappa shape index (κ3) is 4.74. The van der Waals surface area contributed by atoms with Gasteiger partial charge in [0.05, 0.1) is 6.20 Å². The molecule has 1 aliphatic heterocycles. The van der Waals surface area contributed by atoms with Crippen LogP contribution < -0.4 is 11.1 Å². The van der Waals surface area contributed by atoms with E-state index in [1.807, 2.05) is 12.1 Å². The van der Waals surface area contributed by atoms with Gasteiger partial charge in [-0.05, 0) is 62.6 Å². The fourth-order valence-corrected chi connectivity index (χ4v) is 5.50. The third-order valence-electron chi connectivity index (χ3n) is 7.21. The Bertz CT molecular complexity index is 1160. The van der Waals surface area contributed by atoms with Crippen LogP contribution in [0.3, 0.4) is 0 Å². The molecule has 3 aromatic rings. The van der Waals surface area contributed by atoms with Crippen LogP contribution in [0.1, 0.15) is 61.5 Å². The van der Waals surface area contributed by atoms with Gasteiger partial charge in [0.25, 0.3) is 0 Å². The third-order valence-corrected chi connectivity index (χ3v) is 7.57. The second-order valence-electron chi connectivity index (χ2n) is 9.45. The Morgan fingerprint density at radius 3 is 2.65 bits per heavy atom. The van der Waals surface area contributed by atoms with Crippen molar-refractivity contribution in [2.24, 2.45) is 11.7 Å². The number of nitrogens with two attached hydrogens (primary N) is 1. The Morgan fingerprint density at radius 1 is 1.18 bits per heavy atom. The highest BCUT2D eigenvalue weighted by Crippen LogP contribution is 2.36. The van der Waals surface area contributed by atoms with Gasteiger partial charge in [-0.25, -0.2) is 9.97 Å². The Hall–Kier alpha value is -2.71. The number of anilines is 1. The lowest BCUT2D eigenvalue weighted by molar-refractivity contribution is -0.122. The molecular formula is C25H31ClN6O2. The van der Waals surface area contributed by atoms with E-state index >= 15 is 0 Å². The molecule has 3 N–H and O–H groups in total. The number of nitrogens with one attached hydrogen (secondary N) is 1. The molecule has 0 bridgehead atoms. The minimum absolute atomic E-state index is 0.0549. The van der Waals surface area contributed by atoms with Crippen molar-refractivity contribution in [1.82, 2.24) is 19.5 Å². The second kappa shape index (κ2) is 9.88. The number of rotatable bonds is 6. The molecule has 2 aromatic heterocycles. The summed E-state index contributed by atoms with van der Waals surface area (Å²) in [6.45, 7) is 3.58. The molecular weight excluding hydrogens is 452 g/mol. The number of amides is 1. The van der Waals surface area contributed by atoms with Crippen molar-refractivity contribution < 1.29 is 9.53 Å². The van der Waals surface area contributed by atoms with Crippen LogP contribution in [-0.4, -0.2) is 44.7 Å². The number of carbonyl (C=O) groups is 1. The van der Waals surface area contributed by atoms with Crippen LogP contribution in [0.25, 0.3) is 11.2 Å². The number of benzene rings is 1. The molecule has 1 amide bonds. The minimum Gasteiger partial charge on any atom is -0.381 e. The topological polar surface area (TPSA) is 108 Å². The molecule has 1 aromatic carbocycles. The monoisotopic (exact) mass is 482 g/mol. The summed E-state index contributed by atoms with van der Waals surface area (Å²) in [4.78, 5) is 26.1. The van der Waals surface area contributed by atoms with Gasteiger partial charge in [0.1, 0.15) is 11.3 Å². The Labute approximate surface area is 204 Å². The summed E-state index contributed by atoms with van der Waals surface area (Å²) < 4.78 is 7.73. The van der Waals surface area contributed by atoms with E-state index in [1.165, 1.54) is 0 Å². The first-order valence-electron chi connectivity index (χ1n) is 12.1. The van der Waals surface area contributed by atoms with Crippen molar-refractivity contribution in [1.29, 1.82) is 0 Å². The Balaban J connectivity index is 1.52. The number of ether oxygens (including phenoxy) is 1. The van der Waals surface area contributed by atoms with Gasteiger partial charge >= 0.3 is 0 Å². The summed E-state index contributed by atoms with van der Waals surface area (Å²) >= 11 is 6.57. The lowest BCUT2D eigenvalue weighted by atomic mass is 9.85. The second-order valence-corrected chi connectivity index (χ2v) is 9.86. The average Bonchev–Trinajstić information content (AvgIpc) is 3.19. The lowest BCUT2D eigenvalue weighted by Gasteiger charge is -2.29. The summed E-state index contributed by atoms with van der Waals surface area (Å²) in [5.74, 6) is 1.28. The number of imidazole rings is 1. The van der Waals surface area contributed by atoms with E-state index in [0.717, 1.165) is 84.9 Å². The first-order chi connectivity index (χ1) is 16.5. The van der Waals surface area contributed by atoms with E-state index < -0.39 is 0 Å². The van der Waals surface area contributed by atoms with Gasteiger partial charge in [0.15, 0.2) is 5.65 Å². The first-order valence-corrected chi connectivity index (χ1v) is 12.5. The van der Waals surface area contributed by atoms with E-state index in [1.54, 1.807) is 6.20 Å². The van der Waals surface area contributed by atoms with Crippen molar-refractivity contribution in [2.75, 3.05) is 18.5 Å². The number of aryl methyl sites for hydroxylation is 1. The number of hydrogen-bond donors (Lipinski definition) is 2. The summed E-state index contributed by atoms with van der Waals surface area (Å²) in [7, 11) is 0. The molecule has 2 fully saturated rings. The zero-order valence-electron chi connectivity index (χ0n) is 19.5.